The van der Waals surface area contributed by atoms with Gasteiger partial charge in [-0.3, -0.25) is 4.79 Å². The first-order valence-corrected chi connectivity index (χ1v) is 8.54. The summed E-state index contributed by atoms with van der Waals surface area (Å²) in [6, 6.07) is 14.1. The SMILES string of the molecule is Cc1ccc(NC(=O)c2ccc(CS(C)(=O)=O)cc2)cc1. The van der Waals surface area contributed by atoms with Crippen molar-refractivity contribution in [2.75, 3.05) is 11.6 Å². The Labute approximate surface area is 124 Å². The third-order valence-electron chi connectivity index (χ3n) is 2.95. The molecule has 0 atom stereocenters. The lowest BCUT2D eigenvalue weighted by Crippen LogP contribution is -2.12. The maximum atomic E-state index is 12.1. The van der Waals surface area contributed by atoms with Gasteiger partial charge in [0.1, 0.15) is 0 Å². The van der Waals surface area contributed by atoms with Gasteiger partial charge in [0, 0.05) is 17.5 Å². The molecule has 2 rings (SSSR count). The molecular weight excluding hydrogens is 286 g/mol. The van der Waals surface area contributed by atoms with Gasteiger partial charge in [0.15, 0.2) is 9.84 Å². The number of sulfone groups is 1. The number of benzene rings is 2. The first-order valence-electron chi connectivity index (χ1n) is 6.48. The van der Waals surface area contributed by atoms with Crippen molar-refractivity contribution in [2.45, 2.75) is 12.7 Å². The summed E-state index contributed by atoms with van der Waals surface area (Å²) in [6.07, 6.45) is 1.19. The van der Waals surface area contributed by atoms with Crippen molar-refractivity contribution in [1.29, 1.82) is 0 Å². The van der Waals surface area contributed by atoms with Crippen LogP contribution in [-0.4, -0.2) is 20.6 Å². The van der Waals surface area contributed by atoms with Crippen LogP contribution in [0, 0.1) is 6.92 Å². The molecule has 0 aliphatic carbocycles. The normalized spacial score (nSPS) is 11.1. The summed E-state index contributed by atoms with van der Waals surface area (Å²) in [7, 11) is -3.06. The molecule has 21 heavy (non-hydrogen) atoms. The average Bonchev–Trinajstić information content (AvgIpc) is 2.40. The second-order valence-electron chi connectivity index (χ2n) is 5.09. The topological polar surface area (TPSA) is 63.2 Å². The minimum Gasteiger partial charge on any atom is -0.322 e. The van der Waals surface area contributed by atoms with Crippen molar-refractivity contribution in [3.8, 4) is 0 Å². The van der Waals surface area contributed by atoms with Crippen LogP contribution in [0.5, 0.6) is 0 Å². The van der Waals surface area contributed by atoms with Gasteiger partial charge in [-0.25, -0.2) is 8.42 Å². The number of aryl methyl sites for hydroxylation is 1. The molecular formula is C16H17NO3S. The van der Waals surface area contributed by atoms with Gasteiger partial charge in [-0.05, 0) is 36.8 Å². The molecule has 0 saturated carbocycles. The molecule has 5 heteroatoms. The molecule has 1 amide bonds. The Morgan fingerprint density at radius 2 is 1.57 bits per heavy atom. The Balaban J connectivity index is 2.08. The lowest BCUT2D eigenvalue weighted by molar-refractivity contribution is 0.102. The predicted octanol–water partition coefficient (Wildman–Crippen LogP) is 2.79. The van der Waals surface area contributed by atoms with Crippen LogP contribution in [0.1, 0.15) is 21.5 Å². The van der Waals surface area contributed by atoms with Gasteiger partial charge >= 0.3 is 0 Å². The fourth-order valence-electron chi connectivity index (χ4n) is 1.90. The number of carbonyl (C=O) groups excluding carboxylic acids is 1. The summed E-state index contributed by atoms with van der Waals surface area (Å²) in [5, 5.41) is 2.80. The Hall–Kier alpha value is -2.14. The second-order valence-corrected chi connectivity index (χ2v) is 7.23. The quantitative estimate of drug-likeness (QED) is 0.944. The predicted molar refractivity (Wildman–Crippen MR) is 84.1 cm³/mol. The molecule has 0 unspecified atom stereocenters. The van der Waals surface area contributed by atoms with Crippen LogP contribution in [0.2, 0.25) is 0 Å². The Bertz CT molecular complexity index is 732. The van der Waals surface area contributed by atoms with E-state index >= 15 is 0 Å². The van der Waals surface area contributed by atoms with E-state index in [0.29, 0.717) is 11.1 Å². The highest BCUT2D eigenvalue weighted by Crippen LogP contribution is 2.12. The number of hydrogen-bond acceptors (Lipinski definition) is 3. The second kappa shape index (κ2) is 6.10. The standard InChI is InChI=1S/C16H17NO3S/c1-12-3-9-15(10-4-12)17-16(18)14-7-5-13(6-8-14)11-21(2,19)20/h3-10H,11H2,1-2H3,(H,17,18). The summed E-state index contributed by atoms with van der Waals surface area (Å²) < 4.78 is 22.4. The molecule has 0 saturated heterocycles. The van der Waals surface area contributed by atoms with Gasteiger partial charge in [-0.15, -0.1) is 0 Å². The molecule has 0 radical (unpaired) electrons. The van der Waals surface area contributed by atoms with Crippen LogP contribution in [0.4, 0.5) is 5.69 Å². The maximum Gasteiger partial charge on any atom is 0.255 e. The third kappa shape index (κ3) is 4.72. The number of rotatable bonds is 4. The van der Waals surface area contributed by atoms with E-state index < -0.39 is 9.84 Å². The zero-order chi connectivity index (χ0) is 15.5. The smallest absolute Gasteiger partial charge is 0.255 e. The zero-order valence-corrected chi connectivity index (χ0v) is 12.8. The molecule has 0 aliphatic rings. The Morgan fingerprint density at radius 1 is 1.00 bits per heavy atom. The van der Waals surface area contributed by atoms with Gasteiger partial charge in [-0.1, -0.05) is 29.8 Å². The van der Waals surface area contributed by atoms with E-state index in [1.165, 1.54) is 6.26 Å². The minimum atomic E-state index is -3.06. The number of hydrogen-bond donors (Lipinski definition) is 1. The summed E-state index contributed by atoms with van der Waals surface area (Å²) >= 11 is 0. The zero-order valence-electron chi connectivity index (χ0n) is 12.0. The van der Waals surface area contributed by atoms with Gasteiger partial charge in [0.05, 0.1) is 5.75 Å². The molecule has 2 aromatic carbocycles. The molecule has 0 aliphatic heterocycles. The summed E-state index contributed by atoms with van der Waals surface area (Å²) in [6.45, 7) is 1.98. The Kier molecular flexibility index (Phi) is 4.43. The van der Waals surface area contributed by atoms with Gasteiger partial charge in [-0.2, -0.15) is 0 Å². The number of nitrogens with one attached hydrogen (secondary N) is 1. The third-order valence-corrected chi connectivity index (χ3v) is 3.81. The van der Waals surface area contributed by atoms with Crippen molar-refractivity contribution in [1.82, 2.24) is 0 Å². The number of carbonyl (C=O) groups is 1. The number of anilines is 1. The van der Waals surface area contributed by atoms with E-state index in [0.717, 1.165) is 11.3 Å². The molecule has 110 valence electrons. The first-order chi connectivity index (χ1) is 9.83. The molecule has 0 spiro atoms. The lowest BCUT2D eigenvalue weighted by Gasteiger charge is -2.06. The fourth-order valence-corrected chi connectivity index (χ4v) is 2.69. The molecule has 1 N–H and O–H groups in total. The van der Waals surface area contributed by atoms with E-state index in [4.69, 9.17) is 0 Å². The summed E-state index contributed by atoms with van der Waals surface area (Å²) in [4.78, 5) is 12.1. The van der Waals surface area contributed by atoms with E-state index in [2.05, 4.69) is 5.32 Å². The molecule has 4 nitrogen and oxygen atoms in total. The van der Waals surface area contributed by atoms with Crippen LogP contribution in [0.15, 0.2) is 48.5 Å². The van der Waals surface area contributed by atoms with Gasteiger partial charge in [0.2, 0.25) is 0 Å². The highest BCUT2D eigenvalue weighted by atomic mass is 32.2. The molecule has 0 aromatic heterocycles. The molecule has 2 aromatic rings. The van der Waals surface area contributed by atoms with E-state index in [1.807, 2.05) is 31.2 Å². The number of amides is 1. The van der Waals surface area contributed by atoms with E-state index in [-0.39, 0.29) is 11.7 Å². The first kappa shape index (κ1) is 15.3. The minimum absolute atomic E-state index is 0.0210. The largest absolute Gasteiger partial charge is 0.322 e. The van der Waals surface area contributed by atoms with Crippen molar-refractivity contribution in [3.05, 3.63) is 65.2 Å². The van der Waals surface area contributed by atoms with Crippen LogP contribution in [0.3, 0.4) is 0 Å². The van der Waals surface area contributed by atoms with Gasteiger partial charge < -0.3 is 5.32 Å². The van der Waals surface area contributed by atoms with E-state index in [9.17, 15) is 13.2 Å². The maximum absolute atomic E-state index is 12.1. The van der Waals surface area contributed by atoms with Crippen molar-refractivity contribution in [2.24, 2.45) is 0 Å². The van der Waals surface area contributed by atoms with Gasteiger partial charge in [0.25, 0.3) is 5.91 Å². The lowest BCUT2D eigenvalue weighted by atomic mass is 10.1. The van der Waals surface area contributed by atoms with Crippen LogP contribution >= 0.6 is 0 Å². The summed E-state index contributed by atoms with van der Waals surface area (Å²) in [5.41, 5.74) is 3.01. The Morgan fingerprint density at radius 3 is 2.10 bits per heavy atom. The fraction of sp³-hybridized carbons (Fsp3) is 0.188. The molecule has 0 heterocycles. The summed E-state index contributed by atoms with van der Waals surface area (Å²) in [5.74, 6) is -0.239. The monoisotopic (exact) mass is 303 g/mol. The molecule has 0 bridgehead atoms. The van der Waals surface area contributed by atoms with Crippen LogP contribution in [-0.2, 0) is 15.6 Å². The highest BCUT2D eigenvalue weighted by Gasteiger charge is 2.08. The van der Waals surface area contributed by atoms with Crippen molar-refractivity contribution >= 4 is 21.4 Å². The highest BCUT2D eigenvalue weighted by molar-refractivity contribution is 7.89. The van der Waals surface area contributed by atoms with Crippen LogP contribution in [0.25, 0.3) is 0 Å². The van der Waals surface area contributed by atoms with E-state index in [1.54, 1.807) is 24.3 Å². The van der Waals surface area contributed by atoms with Crippen molar-refractivity contribution in [3.63, 3.8) is 0 Å². The van der Waals surface area contributed by atoms with Crippen LogP contribution < -0.4 is 5.32 Å². The average molecular weight is 303 g/mol. The van der Waals surface area contributed by atoms with Crippen molar-refractivity contribution < 1.29 is 13.2 Å². The molecule has 0 fully saturated rings.